The van der Waals surface area contributed by atoms with Crippen molar-refractivity contribution in [1.29, 1.82) is 0 Å². The van der Waals surface area contributed by atoms with Gasteiger partial charge in [0.25, 0.3) is 10.0 Å². The van der Waals surface area contributed by atoms with Crippen LogP contribution in [0.5, 0.6) is 0 Å². The van der Waals surface area contributed by atoms with Crippen molar-refractivity contribution in [3.05, 3.63) is 12.4 Å². The largest absolute Gasteiger partial charge is 0.320 e. The van der Waals surface area contributed by atoms with E-state index < -0.39 is 10.0 Å². The Kier molecular flexibility index (Phi) is 5.71. The average Bonchev–Trinajstić information content (AvgIpc) is 2.91. The van der Waals surface area contributed by atoms with Crippen molar-refractivity contribution < 1.29 is 8.42 Å². The van der Waals surface area contributed by atoms with E-state index in [2.05, 4.69) is 20.1 Å². The molecule has 21 heavy (non-hydrogen) atoms. The van der Waals surface area contributed by atoms with Gasteiger partial charge in [-0.15, -0.1) is 4.83 Å². The molecule has 2 heterocycles. The Morgan fingerprint density at radius 2 is 2.00 bits per heavy atom. The molecule has 0 saturated carbocycles. The first-order valence-electron chi connectivity index (χ1n) is 7.14. The highest BCUT2D eigenvalue weighted by atomic mass is 32.2. The van der Waals surface area contributed by atoms with Crippen LogP contribution in [-0.4, -0.2) is 74.9 Å². The fourth-order valence-corrected chi connectivity index (χ4v) is 3.22. The summed E-state index contributed by atoms with van der Waals surface area (Å²) in [6.07, 6.45) is 3.88. The minimum atomic E-state index is -3.53. The summed E-state index contributed by atoms with van der Waals surface area (Å²) in [5, 5.41) is 8.90. The number of hydrogen-bond donors (Lipinski definition) is 2. The van der Waals surface area contributed by atoms with E-state index in [1.165, 1.54) is 6.20 Å². The van der Waals surface area contributed by atoms with Gasteiger partial charge >= 0.3 is 0 Å². The second-order valence-electron chi connectivity index (χ2n) is 5.28. The average molecular weight is 316 g/mol. The molecule has 0 spiro atoms. The van der Waals surface area contributed by atoms with Gasteiger partial charge in [0.15, 0.2) is 0 Å². The van der Waals surface area contributed by atoms with E-state index in [0.29, 0.717) is 19.6 Å². The van der Waals surface area contributed by atoms with Gasteiger partial charge in [-0.05, 0) is 27.1 Å². The molecule has 0 aromatic carbocycles. The molecule has 1 aliphatic rings. The van der Waals surface area contributed by atoms with Crippen LogP contribution in [0.25, 0.3) is 0 Å². The fourth-order valence-electron chi connectivity index (χ4n) is 2.14. The van der Waals surface area contributed by atoms with Crippen LogP contribution >= 0.6 is 0 Å². The van der Waals surface area contributed by atoms with Crippen LogP contribution in [0.3, 0.4) is 0 Å². The Bertz CT molecular complexity index is 536. The predicted molar refractivity (Wildman–Crippen MR) is 80.2 cm³/mol. The van der Waals surface area contributed by atoms with Crippen LogP contribution in [0.2, 0.25) is 0 Å². The molecule has 8 nitrogen and oxygen atoms in total. The van der Waals surface area contributed by atoms with Crippen LogP contribution in [-0.2, 0) is 16.6 Å². The van der Waals surface area contributed by atoms with Gasteiger partial charge in [-0.1, -0.05) is 0 Å². The first-order chi connectivity index (χ1) is 10.0. The quantitative estimate of drug-likeness (QED) is 0.624. The zero-order valence-corrected chi connectivity index (χ0v) is 13.4. The van der Waals surface area contributed by atoms with E-state index in [9.17, 15) is 8.42 Å². The van der Waals surface area contributed by atoms with Crippen molar-refractivity contribution in [2.75, 3.05) is 46.8 Å². The Hall–Kier alpha value is -1.00. The SMILES string of the molecule is CNCCCn1cc(S(=O)(=O)NN2CCN(C)CC2)cn1. The summed E-state index contributed by atoms with van der Waals surface area (Å²) >= 11 is 0. The van der Waals surface area contributed by atoms with Gasteiger partial charge in [0.1, 0.15) is 4.90 Å². The maximum Gasteiger partial charge on any atom is 0.256 e. The first kappa shape index (κ1) is 16.4. The van der Waals surface area contributed by atoms with Crippen LogP contribution in [0.1, 0.15) is 6.42 Å². The molecule has 0 atom stereocenters. The molecule has 0 radical (unpaired) electrons. The number of aryl methyl sites for hydroxylation is 1. The Labute approximate surface area is 126 Å². The molecular weight excluding hydrogens is 292 g/mol. The molecule has 1 aromatic rings. The lowest BCUT2D eigenvalue weighted by Crippen LogP contribution is -2.52. The van der Waals surface area contributed by atoms with Gasteiger partial charge in [-0.3, -0.25) is 4.68 Å². The summed E-state index contributed by atoms with van der Waals surface area (Å²) in [6.45, 7) is 4.65. The van der Waals surface area contributed by atoms with Crippen molar-refractivity contribution in [2.45, 2.75) is 17.9 Å². The molecule has 0 aliphatic carbocycles. The second kappa shape index (κ2) is 7.32. The van der Waals surface area contributed by atoms with Crippen LogP contribution < -0.4 is 10.1 Å². The molecule has 0 unspecified atom stereocenters. The molecule has 1 aliphatic heterocycles. The van der Waals surface area contributed by atoms with Crippen LogP contribution in [0.4, 0.5) is 0 Å². The van der Waals surface area contributed by atoms with E-state index in [0.717, 1.165) is 26.1 Å². The van der Waals surface area contributed by atoms with Crippen molar-refractivity contribution in [2.24, 2.45) is 0 Å². The van der Waals surface area contributed by atoms with Crippen LogP contribution in [0.15, 0.2) is 17.3 Å². The lowest BCUT2D eigenvalue weighted by molar-refractivity contribution is 0.135. The highest BCUT2D eigenvalue weighted by molar-refractivity contribution is 7.89. The smallest absolute Gasteiger partial charge is 0.256 e. The lowest BCUT2D eigenvalue weighted by atomic mass is 10.4. The highest BCUT2D eigenvalue weighted by Crippen LogP contribution is 2.09. The number of hydrazine groups is 1. The zero-order valence-electron chi connectivity index (χ0n) is 12.6. The zero-order chi connectivity index (χ0) is 15.3. The van der Waals surface area contributed by atoms with Gasteiger partial charge < -0.3 is 10.2 Å². The Morgan fingerprint density at radius 3 is 2.67 bits per heavy atom. The third kappa shape index (κ3) is 4.75. The summed E-state index contributed by atoms with van der Waals surface area (Å²) in [6, 6.07) is 0. The first-order valence-corrected chi connectivity index (χ1v) is 8.62. The molecule has 1 fully saturated rings. The lowest BCUT2D eigenvalue weighted by Gasteiger charge is -2.31. The third-order valence-corrected chi connectivity index (χ3v) is 4.82. The van der Waals surface area contributed by atoms with Gasteiger partial charge in [-0.25, -0.2) is 13.4 Å². The molecule has 9 heteroatoms. The molecular formula is C12H24N6O2S. The molecule has 0 amide bonds. The number of nitrogens with zero attached hydrogens (tertiary/aromatic N) is 4. The van der Waals surface area contributed by atoms with Crippen molar-refractivity contribution in [3.8, 4) is 0 Å². The number of sulfonamides is 1. The van der Waals surface area contributed by atoms with E-state index >= 15 is 0 Å². The summed E-state index contributed by atoms with van der Waals surface area (Å²) in [5.74, 6) is 0. The van der Waals surface area contributed by atoms with Gasteiger partial charge in [0.2, 0.25) is 0 Å². The van der Waals surface area contributed by atoms with Crippen molar-refractivity contribution in [1.82, 2.24) is 29.8 Å². The molecule has 1 saturated heterocycles. The van der Waals surface area contributed by atoms with E-state index in [4.69, 9.17) is 0 Å². The van der Waals surface area contributed by atoms with Crippen molar-refractivity contribution in [3.63, 3.8) is 0 Å². The topological polar surface area (TPSA) is 82.5 Å². The monoisotopic (exact) mass is 316 g/mol. The number of aromatic nitrogens is 2. The van der Waals surface area contributed by atoms with Gasteiger partial charge in [0.05, 0.1) is 6.20 Å². The molecule has 2 N–H and O–H groups in total. The fraction of sp³-hybridized carbons (Fsp3) is 0.750. The van der Waals surface area contributed by atoms with E-state index in [1.807, 2.05) is 14.1 Å². The predicted octanol–water partition coefficient (Wildman–Crippen LogP) is -1.07. The Balaban J connectivity index is 1.93. The maximum absolute atomic E-state index is 12.3. The summed E-state index contributed by atoms with van der Waals surface area (Å²) in [4.78, 5) is 5.01. The number of likely N-dealkylation sites (N-methyl/N-ethyl adjacent to an activating group) is 1. The normalized spacial score (nSPS) is 18.2. The molecule has 1 aromatic heterocycles. The Morgan fingerprint density at radius 1 is 1.29 bits per heavy atom. The minimum absolute atomic E-state index is 0.214. The minimum Gasteiger partial charge on any atom is -0.320 e. The number of piperazine rings is 1. The van der Waals surface area contributed by atoms with Gasteiger partial charge in [0, 0.05) is 38.9 Å². The third-order valence-electron chi connectivity index (χ3n) is 3.49. The number of nitrogens with one attached hydrogen (secondary N) is 2. The van der Waals surface area contributed by atoms with E-state index in [1.54, 1.807) is 15.9 Å². The molecule has 120 valence electrons. The van der Waals surface area contributed by atoms with Gasteiger partial charge in [-0.2, -0.15) is 5.10 Å². The maximum atomic E-state index is 12.3. The standard InChI is InChI=1S/C12H24N6O2S/c1-13-4-3-5-18-11-12(10-14-18)21(19,20)15-17-8-6-16(2)7-9-17/h10-11,13,15H,3-9H2,1-2H3. The summed E-state index contributed by atoms with van der Waals surface area (Å²) in [7, 11) is 0.388. The van der Waals surface area contributed by atoms with E-state index in [-0.39, 0.29) is 4.90 Å². The van der Waals surface area contributed by atoms with Crippen LogP contribution in [0, 0.1) is 0 Å². The van der Waals surface area contributed by atoms with Crippen molar-refractivity contribution >= 4 is 10.0 Å². The molecule has 0 bridgehead atoms. The summed E-state index contributed by atoms with van der Waals surface area (Å²) < 4.78 is 26.2. The number of rotatable bonds is 7. The highest BCUT2D eigenvalue weighted by Gasteiger charge is 2.22. The molecule has 2 rings (SSSR count). The second-order valence-corrected chi connectivity index (χ2v) is 6.94. The summed E-state index contributed by atoms with van der Waals surface area (Å²) in [5.41, 5.74) is 0. The number of hydrogen-bond acceptors (Lipinski definition) is 6.